The fourth-order valence-electron chi connectivity index (χ4n) is 3.43. The molecule has 2 aromatic carbocycles. The van der Waals surface area contributed by atoms with Gasteiger partial charge in [-0.05, 0) is 36.8 Å². The molecule has 2 aliphatic heterocycles. The maximum absolute atomic E-state index is 14.2. The second kappa shape index (κ2) is 7.50. The van der Waals surface area contributed by atoms with Gasteiger partial charge in [0.25, 0.3) is 0 Å². The van der Waals surface area contributed by atoms with E-state index in [1.807, 2.05) is 0 Å². The van der Waals surface area contributed by atoms with Crippen LogP contribution in [0.15, 0.2) is 36.4 Å². The number of amides is 2. The summed E-state index contributed by atoms with van der Waals surface area (Å²) < 4.78 is 25.4. The lowest BCUT2D eigenvalue weighted by molar-refractivity contribution is -0.122. The highest BCUT2D eigenvalue weighted by Crippen LogP contribution is 2.33. The number of carbonyl (C=O) groups is 2. The number of ether oxygens (including phenoxy) is 2. The summed E-state index contributed by atoms with van der Waals surface area (Å²) in [6.45, 7) is 3.08. The Labute approximate surface area is 162 Å². The second-order valence-electron chi connectivity index (χ2n) is 7.06. The third-order valence-corrected chi connectivity index (χ3v) is 4.90. The van der Waals surface area contributed by atoms with Gasteiger partial charge < -0.3 is 19.7 Å². The molecule has 1 N–H and O–H groups in total. The number of hydrogen-bond donors (Lipinski definition) is 1. The number of anilines is 2. The maximum atomic E-state index is 14.2. The molecule has 1 atom stereocenters. The number of nitrogens with one attached hydrogen (secondary N) is 1. The molecule has 1 fully saturated rings. The topological polar surface area (TPSA) is 67.9 Å². The van der Waals surface area contributed by atoms with E-state index < -0.39 is 11.7 Å². The quantitative estimate of drug-likeness (QED) is 0.882. The highest BCUT2D eigenvalue weighted by molar-refractivity contribution is 6.03. The van der Waals surface area contributed by atoms with Crippen molar-refractivity contribution in [3.05, 3.63) is 47.8 Å². The number of fused-ring (bicyclic) bond motifs is 1. The van der Waals surface area contributed by atoms with Crippen molar-refractivity contribution in [3.8, 4) is 11.5 Å². The van der Waals surface area contributed by atoms with E-state index in [1.54, 1.807) is 37.3 Å². The highest BCUT2D eigenvalue weighted by atomic mass is 19.1. The Balaban J connectivity index is 1.46. The lowest BCUT2D eigenvalue weighted by Gasteiger charge is -2.18. The lowest BCUT2D eigenvalue weighted by Crippen LogP contribution is -2.28. The van der Waals surface area contributed by atoms with Crippen LogP contribution in [-0.4, -0.2) is 31.6 Å². The summed E-state index contributed by atoms with van der Waals surface area (Å²) >= 11 is 0. The Hall–Kier alpha value is -3.09. The molecule has 4 rings (SSSR count). The zero-order valence-electron chi connectivity index (χ0n) is 15.5. The summed E-state index contributed by atoms with van der Waals surface area (Å²) in [6, 6.07) is 9.91. The van der Waals surface area contributed by atoms with Gasteiger partial charge in [0.1, 0.15) is 5.82 Å². The van der Waals surface area contributed by atoms with Crippen molar-refractivity contribution >= 4 is 23.2 Å². The summed E-state index contributed by atoms with van der Waals surface area (Å²) in [5.74, 6) is -0.324. The number of rotatable bonds is 3. The number of benzene rings is 2. The number of nitrogens with zero attached hydrogens (tertiary/aromatic N) is 1. The van der Waals surface area contributed by atoms with Crippen LogP contribution in [0.2, 0.25) is 0 Å². The number of halogens is 1. The molecule has 7 heteroatoms. The first-order valence-electron chi connectivity index (χ1n) is 9.28. The molecule has 1 saturated heterocycles. The summed E-state index contributed by atoms with van der Waals surface area (Å²) in [5, 5.41) is 2.82. The lowest BCUT2D eigenvalue weighted by atomic mass is 10.1. The molecule has 2 amide bonds. The van der Waals surface area contributed by atoms with Crippen LogP contribution in [-0.2, 0) is 9.59 Å². The number of carbonyl (C=O) groups excluding carboxylic acids is 2. The molecule has 2 aliphatic rings. The Morgan fingerprint density at radius 3 is 2.71 bits per heavy atom. The normalized spacial score (nSPS) is 18.7. The molecule has 0 radical (unpaired) electrons. The van der Waals surface area contributed by atoms with Crippen molar-refractivity contribution in [2.45, 2.75) is 19.8 Å². The van der Waals surface area contributed by atoms with Crippen LogP contribution < -0.4 is 19.7 Å². The molecule has 146 valence electrons. The van der Waals surface area contributed by atoms with Crippen molar-refractivity contribution in [1.82, 2.24) is 0 Å². The van der Waals surface area contributed by atoms with E-state index in [1.165, 1.54) is 11.0 Å². The first-order chi connectivity index (χ1) is 13.5. The number of hydrogen-bond acceptors (Lipinski definition) is 4. The first-order valence-corrected chi connectivity index (χ1v) is 9.28. The zero-order chi connectivity index (χ0) is 19.7. The zero-order valence-corrected chi connectivity index (χ0v) is 15.5. The van der Waals surface area contributed by atoms with E-state index in [2.05, 4.69) is 5.32 Å². The van der Waals surface area contributed by atoms with Crippen LogP contribution in [0.5, 0.6) is 11.5 Å². The molecule has 1 unspecified atom stereocenters. The smallest absolute Gasteiger partial charge is 0.229 e. The maximum Gasteiger partial charge on any atom is 0.229 e. The van der Waals surface area contributed by atoms with Crippen LogP contribution in [0.3, 0.4) is 0 Å². The molecule has 28 heavy (non-hydrogen) atoms. The second-order valence-corrected chi connectivity index (χ2v) is 7.06. The van der Waals surface area contributed by atoms with Crippen LogP contribution in [0, 0.1) is 18.7 Å². The molecule has 0 aromatic heterocycles. The molecular formula is C21H21FN2O4. The van der Waals surface area contributed by atoms with E-state index in [9.17, 15) is 14.0 Å². The van der Waals surface area contributed by atoms with Crippen LogP contribution in [0.1, 0.15) is 18.4 Å². The van der Waals surface area contributed by atoms with E-state index >= 15 is 0 Å². The molecule has 6 nitrogen and oxygen atoms in total. The standard InChI is InChI=1S/C21H21FN2O4/c1-13-3-5-17(16(22)9-13)24-12-14(10-20(24)25)21(26)23-15-4-6-18-19(11-15)28-8-2-7-27-18/h3-6,9,11,14H,2,7-8,10,12H2,1H3,(H,23,26). The Kier molecular flexibility index (Phi) is 4.90. The molecule has 0 spiro atoms. The van der Waals surface area contributed by atoms with E-state index in [-0.39, 0.29) is 30.5 Å². The summed E-state index contributed by atoms with van der Waals surface area (Å²) in [7, 11) is 0. The SMILES string of the molecule is Cc1ccc(N2CC(C(=O)Nc3ccc4c(c3)OCCCO4)CC2=O)c(F)c1. The van der Waals surface area contributed by atoms with Crippen molar-refractivity contribution in [2.75, 3.05) is 30.0 Å². The average Bonchev–Trinajstić information content (AvgIpc) is 2.89. The van der Waals surface area contributed by atoms with Gasteiger partial charge in [-0.15, -0.1) is 0 Å². The van der Waals surface area contributed by atoms with Crippen LogP contribution in [0.25, 0.3) is 0 Å². The van der Waals surface area contributed by atoms with Gasteiger partial charge in [-0.2, -0.15) is 0 Å². The number of aryl methyl sites for hydroxylation is 1. The van der Waals surface area contributed by atoms with E-state index in [0.717, 1.165) is 12.0 Å². The van der Waals surface area contributed by atoms with Crippen LogP contribution >= 0.6 is 0 Å². The van der Waals surface area contributed by atoms with E-state index in [4.69, 9.17) is 9.47 Å². The van der Waals surface area contributed by atoms with Gasteiger partial charge in [-0.25, -0.2) is 4.39 Å². The average molecular weight is 384 g/mol. The van der Waals surface area contributed by atoms with Gasteiger partial charge >= 0.3 is 0 Å². The summed E-state index contributed by atoms with van der Waals surface area (Å²) in [5.41, 5.74) is 1.56. The van der Waals surface area contributed by atoms with E-state index in [0.29, 0.717) is 30.4 Å². The summed E-state index contributed by atoms with van der Waals surface area (Å²) in [4.78, 5) is 26.3. The third kappa shape index (κ3) is 3.65. The minimum Gasteiger partial charge on any atom is -0.490 e. The molecule has 2 heterocycles. The largest absolute Gasteiger partial charge is 0.490 e. The monoisotopic (exact) mass is 384 g/mol. The molecule has 0 aliphatic carbocycles. The molecular weight excluding hydrogens is 363 g/mol. The van der Waals surface area contributed by atoms with Crippen molar-refractivity contribution in [3.63, 3.8) is 0 Å². The highest BCUT2D eigenvalue weighted by Gasteiger charge is 2.36. The molecule has 0 bridgehead atoms. The predicted octanol–water partition coefficient (Wildman–Crippen LogP) is 3.29. The third-order valence-electron chi connectivity index (χ3n) is 4.90. The van der Waals surface area contributed by atoms with Gasteiger partial charge in [-0.3, -0.25) is 9.59 Å². The van der Waals surface area contributed by atoms with Crippen molar-refractivity contribution < 1.29 is 23.5 Å². The minimum atomic E-state index is -0.552. The van der Waals surface area contributed by atoms with Gasteiger partial charge in [0.05, 0.1) is 24.8 Å². The summed E-state index contributed by atoms with van der Waals surface area (Å²) in [6.07, 6.45) is 0.843. The predicted molar refractivity (Wildman–Crippen MR) is 102 cm³/mol. The molecule has 2 aromatic rings. The van der Waals surface area contributed by atoms with Crippen LogP contribution in [0.4, 0.5) is 15.8 Å². The fraction of sp³-hybridized carbons (Fsp3) is 0.333. The first kappa shape index (κ1) is 18.3. The van der Waals surface area contributed by atoms with Crippen molar-refractivity contribution in [1.29, 1.82) is 0 Å². The Morgan fingerprint density at radius 2 is 1.93 bits per heavy atom. The Bertz CT molecular complexity index is 931. The fourth-order valence-corrected chi connectivity index (χ4v) is 3.43. The minimum absolute atomic E-state index is 0.0453. The van der Waals surface area contributed by atoms with Gasteiger partial charge in [0.15, 0.2) is 11.5 Å². The van der Waals surface area contributed by atoms with Crippen molar-refractivity contribution in [2.24, 2.45) is 5.92 Å². The Morgan fingerprint density at radius 1 is 1.14 bits per heavy atom. The van der Waals surface area contributed by atoms with Gasteiger partial charge in [0.2, 0.25) is 11.8 Å². The van der Waals surface area contributed by atoms with Gasteiger partial charge in [-0.1, -0.05) is 6.07 Å². The van der Waals surface area contributed by atoms with Gasteiger partial charge in [0, 0.05) is 31.1 Å². The molecule has 0 saturated carbocycles.